The second-order valence-corrected chi connectivity index (χ2v) is 8.58. The number of ether oxygens (including phenoxy) is 3. The van der Waals surface area contributed by atoms with Gasteiger partial charge in [0.1, 0.15) is 19.0 Å². The Kier molecular flexibility index (Phi) is 7.24. The molecule has 0 aromatic heterocycles. The van der Waals surface area contributed by atoms with Gasteiger partial charge in [0.05, 0.1) is 16.6 Å². The lowest BCUT2D eigenvalue weighted by Crippen LogP contribution is -2.31. The van der Waals surface area contributed by atoms with E-state index in [1.54, 1.807) is 0 Å². The van der Waals surface area contributed by atoms with Crippen LogP contribution >= 0.6 is 0 Å². The van der Waals surface area contributed by atoms with Crippen molar-refractivity contribution in [2.24, 2.45) is 0 Å². The van der Waals surface area contributed by atoms with Crippen LogP contribution in [0.5, 0.6) is 5.75 Å². The van der Waals surface area contributed by atoms with Crippen molar-refractivity contribution in [2.75, 3.05) is 26.4 Å². The number of nitrogens with one attached hydrogen (secondary N) is 1. The number of benzene rings is 2. The van der Waals surface area contributed by atoms with Crippen molar-refractivity contribution >= 4 is 16.0 Å². The monoisotopic (exact) mass is 419 g/mol. The Labute approximate surface area is 171 Å². The van der Waals surface area contributed by atoms with E-state index in [9.17, 15) is 13.2 Å². The molecule has 0 unspecified atom stereocenters. The minimum absolute atomic E-state index is 0.0147. The van der Waals surface area contributed by atoms with Gasteiger partial charge in [-0.25, -0.2) is 17.9 Å². The molecule has 3 rings (SSSR count). The molecule has 2 aromatic rings. The standard InChI is InChI=1S/C21H25NO6S/c1-16-7-9-18(10-8-16)27-12-13-28-21(23)17-4-2-6-20(14-17)29(24,25)22-15-19-5-3-11-26-19/h2,4,6-10,14,19,22H,3,5,11-13,15H2,1H3/t19-/m0/s1. The van der Waals surface area contributed by atoms with Crippen molar-refractivity contribution < 1.29 is 27.4 Å². The molecular formula is C21H25NO6S. The van der Waals surface area contributed by atoms with E-state index in [1.807, 2.05) is 31.2 Å². The summed E-state index contributed by atoms with van der Waals surface area (Å²) in [7, 11) is -3.73. The molecule has 1 heterocycles. The van der Waals surface area contributed by atoms with Gasteiger partial charge in [-0.3, -0.25) is 0 Å². The van der Waals surface area contributed by atoms with Gasteiger partial charge in [0.2, 0.25) is 10.0 Å². The third-order valence-corrected chi connectivity index (χ3v) is 5.93. The van der Waals surface area contributed by atoms with Crippen LogP contribution in [0.3, 0.4) is 0 Å². The van der Waals surface area contributed by atoms with E-state index in [1.165, 1.54) is 24.3 Å². The molecule has 0 bridgehead atoms. The van der Waals surface area contributed by atoms with Gasteiger partial charge < -0.3 is 14.2 Å². The van der Waals surface area contributed by atoms with Crippen molar-refractivity contribution in [1.82, 2.24) is 4.72 Å². The van der Waals surface area contributed by atoms with Gasteiger partial charge >= 0.3 is 5.97 Å². The molecule has 0 radical (unpaired) electrons. The second kappa shape index (κ2) is 9.87. The number of sulfonamides is 1. The molecule has 1 aliphatic heterocycles. The van der Waals surface area contributed by atoms with Crippen LogP contribution in [-0.4, -0.2) is 46.9 Å². The number of esters is 1. The zero-order valence-corrected chi connectivity index (χ0v) is 17.1. The summed E-state index contributed by atoms with van der Waals surface area (Å²) in [5.41, 5.74) is 1.30. The van der Waals surface area contributed by atoms with Gasteiger partial charge in [-0.05, 0) is 50.1 Å². The van der Waals surface area contributed by atoms with Crippen LogP contribution in [0.1, 0.15) is 28.8 Å². The van der Waals surface area contributed by atoms with Crippen LogP contribution < -0.4 is 9.46 Å². The molecule has 7 nitrogen and oxygen atoms in total. The Balaban J connectivity index is 1.50. The highest BCUT2D eigenvalue weighted by Crippen LogP contribution is 2.15. The first-order valence-electron chi connectivity index (χ1n) is 9.52. The fraction of sp³-hybridized carbons (Fsp3) is 0.381. The Hall–Kier alpha value is -2.42. The highest BCUT2D eigenvalue weighted by molar-refractivity contribution is 7.89. The van der Waals surface area contributed by atoms with E-state index in [0.29, 0.717) is 12.4 Å². The summed E-state index contributed by atoms with van der Waals surface area (Å²) < 4.78 is 43.6. The Morgan fingerprint density at radius 1 is 1.17 bits per heavy atom. The Bertz CT molecular complexity index is 920. The van der Waals surface area contributed by atoms with Crippen LogP contribution in [0.15, 0.2) is 53.4 Å². The van der Waals surface area contributed by atoms with E-state index in [4.69, 9.17) is 14.2 Å². The minimum atomic E-state index is -3.73. The van der Waals surface area contributed by atoms with Crippen molar-refractivity contribution in [1.29, 1.82) is 0 Å². The third kappa shape index (κ3) is 6.28. The lowest BCUT2D eigenvalue weighted by Gasteiger charge is -2.12. The number of carbonyl (C=O) groups is 1. The minimum Gasteiger partial charge on any atom is -0.490 e. The van der Waals surface area contributed by atoms with Crippen molar-refractivity contribution in [3.8, 4) is 5.75 Å². The van der Waals surface area contributed by atoms with Crippen LogP contribution in [0.2, 0.25) is 0 Å². The summed E-state index contributed by atoms with van der Waals surface area (Å²) in [5, 5.41) is 0. The molecule has 29 heavy (non-hydrogen) atoms. The molecule has 0 saturated carbocycles. The summed E-state index contributed by atoms with van der Waals surface area (Å²) in [4.78, 5) is 12.2. The van der Waals surface area contributed by atoms with Crippen LogP contribution in [0, 0.1) is 6.92 Å². The number of hydrogen-bond donors (Lipinski definition) is 1. The average Bonchev–Trinajstić information content (AvgIpc) is 3.25. The molecule has 8 heteroatoms. The highest BCUT2D eigenvalue weighted by atomic mass is 32.2. The summed E-state index contributed by atoms with van der Waals surface area (Å²) in [6.07, 6.45) is 1.66. The van der Waals surface area contributed by atoms with Gasteiger partial charge in [0.15, 0.2) is 0 Å². The smallest absolute Gasteiger partial charge is 0.338 e. The van der Waals surface area contributed by atoms with E-state index >= 15 is 0 Å². The SMILES string of the molecule is Cc1ccc(OCCOC(=O)c2cccc(S(=O)(=O)NC[C@@H]3CCCO3)c2)cc1. The fourth-order valence-electron chi connectivity index (χ4n) is 2.89. The molecule has 1 saturated heterocycles. The predicted molar refractivity (Wildman–Crippen MR) is 108 cm³/mol. The van der Waals surface area contributed by atoms with E-state index < -0.39 is 16.0 Å². The summed E-state index contributed by atoms with van der Waals surface area (Å²) in [6, 6.07) is 13.3. The lowest BCUT2D eigenvalue weighted by molar-refractivity contribution is 0.0450. The molecule has 1 atom stereocenters. The first kappa shape index (κ1) is 21.3. The first-order chi connectivity index (χ1) is 13.9. The van der Waals surface area contributed by atoms with Crippen molar-refractivity contribution in [3.05, 3.63) is 59.7 Å². The van der Waals surface area contributed by atoms with Gasteiger partial charge in [-0.1, -0.05) is 23.8 Å². The zero-order chi connectivity index (χ0) is 20.7. The van der Waals surface area contributed by atoms with Gasteiger partial charge in [0, 0.05) is 13.2 Å². The molecule has 0 amide bonds. The van der Waals surface area contributed by atoms with Crippen LogP contribution in [-0.2, 0) is 19.5 Å². The maximum absolute atomic E-state index is 12.5. The highest BCUT2D eigenvalue weighted by Gasteiger charge is 2.21. The Morgan fingerprint density at radius 3 is 2.69 bits per heavy atom. The maximum atomic E-state index is 12.5. The third-order valence-electron chi connectivity index (χ3n) is 4.51. The van der Waals surface area contributed by atoms with E-state index in [2.05, 4.69) is 4.72 Å². The number of rotatable bonds is 9. The molecule has 1 fully saturated rings. The predicted octanol–water partition coefficient (Wildman–Crippen LogP) is 2.69. The molecular weight excluding hydrogens is 394 g/mol. The van der Waals surface area contributed by atoms with Crippen LogP contribution in [0.4, 0.5) is 0 Å². The van der Waals surface area contributed by atoms with Crippen molar-refractivity contribution in [2.45, 2.75) is 30.8 Å². The molecule has 0 aliphatic carbocycles. The number of carbonyl (C=O) groups excluding carboxylic acids is 1. The Morgan fingerprint density at radius 2 is 1.97 bits per heavy atom. The normalized spacial score (nSPS) is 16.5. The maximum Gasteiger partial charge on any atom is 0.338 e. The van der Waals surface area contributed by atoms with Gasteiger partial charge in [-0.2, -0.15) is 0 Å². The number of hydrogen-bond acceptors (Lipinski definition) is 6. The first-order valence-corrected chi connectivity index (χ1v) is 11.0. The quantitative estimate of drug-likeness (QED) is 0.496. The topological polar surface area (TPSA) is 90.9 Å². The number of aryl methyl sites for hydroxylation is 1. The largest absolute Gasteiger partial charge is 0.490 e. The molecule has 1 N–H and O–H groups in total. The van der Waals surface area contributed by atoms with E-state index in [0.717, 1.165) is 18.4 Å². The van der Waals surface area contributed by atoms with Crippen LogP contribution in [0.25, 0.3) is 0 Å². The molecule has 0 spiro atoms. The van der Waals surface area contributed by atoms with E-state index in [-0.39, 0.29) is 36.3 Å². The fourth-order valence-corrected chi connectivity index (χ4v) is 4.01. The summed E-state index contributed by atoms with van der Waals surface area (Å²) >= 11 is 0. The zero-order valence-electron chi connectivity index (χ0n) is 16.3. The van der Waals surface area contributed by atoms with Gasteiger partial charge in [-0.15, -0.1) is 0 Å². The molecule has 156 valence electrons. The lowest BCUT2D eigenvalue weighted by atomic mass is 10.2. The second-order valence-electron chi connectivity index (χ2n) is 6.81. The molecule has 2 aromatic carbocycles. The molecule has 1 aliphatic rings. The van der Waals surface area contributed by atoms with Gasteiger partial charge in [0.25, 0.3) is 0 Å². The van der Waals surface area contributed by atoms with Crippen molar-refractivity contribution in [3.63, 3.8) is 0 Å². The average molecular weight is 419 g/mol. The summed E-state index contributed by atoms with van der Waals surface area (Å²) in [6.45, 7) is 3.11. The summed E-state index contributed by atoms with van der Waals surface area (Å²) in [5.74, 6) is 0.0886.